The van der Waals surface area contributed by atoms with Gasteiger partial charge in [-0.05, 0) is 13.3 Å². The lowest BCUT2D eigenvalue weighted by atomic mass is 10.2. The minimum absolute atomic E-state index is 0. The number of Topliss-reactive ketones (excluding diaryl/α,β-unsaturated/α-hetero) is 1. The van der Waals surface area contributed by atoms with Crippen LogP contribution in [0.2, 0.25) is 0 Å². The molecule has 0 fully saturated rings. The molecule has 2 heteroatoms. The molecule has 0 aromatic rings. The lowest BCUT2D eigenvalue weighted by molar-refractivity contribution is -0.124. The summed E-state index contributed by atoms with van der Waals surface area (Å²) in [6.45, 7) is 3.15. The number of rotatable bonds is 2. The van der Waals surface area contributed by atoms with E-state index in [1.54, 1.807) is 6.92 Å². The summed E-state index contributed by atoms with van der Waals surface area (Å²) in [6, 6.07) is 0. The zero-order chi connectivity index (χ0) is 7.86. The average molecular weight is 112 g/mol. The third-order valence-corrected chi connectivity index (χ3v) is 0.856. The molecule has 1 N–H and O–H groups in total. The summed E-state index contributed by atoms with van der Waals surface area (Å²) >= 11 is 0. The highest BCUT2D eigenvalue weighted by atomic mass is 16.3. The van der Waals surface area contributed by atoms with Crippen LogP contribution in [0.1, 0.15) is 24.7 Å². The molecule has 0 aliphatic carbocycles. The van der Waals surface area contributed by atoms with Gasteiger partial charge in [-0.2, -0.15) is 0 Å². The quantitative estimate of drug-likeness (QED) is 0.574. The van der Waals surface area contributed by atoms with Crippen molar-refractivity contribution >= 4 is 5.78 Å². The fourth-order valence-corrected chi connectivity index (χ4v) is 0.287. The SMILES string of the molecule is CC[C@@H](O)C(C)=O.[3HH].[3H][3H]. The molecule has 0 rings (SSSR count). The predicted octanol–water partition coefficient (Wildman–Crippen LogP) is 0.838. The number of hydrogen-bond acceptors (Lipinski definition) is 2. The molecule has 0 heterocycles. The van der Waals surface area contributed by atoms with Crippen LogP contribution in [0.4, 0.5) is 0 Å². The first-order chi connectivity index (χ1) is 4.18. The number of aliphatic hydroxyl groups is 1. The molecule has 0 spiro atoms. The molecular weight excluding hydrogens is 92.1 g/mol. The summed E-state index contributed by atoms with van der Waals surface area (Å²) in [5.41, 5.74) is 0. The number of hydrogen-bond donors (Lipinski definition) is 1. The van der Waals surface area contributed by atoms with E-state index in [1.807, 2.05) is 0 Å². The van der Waals surface area contributed by atoms with Crippen molar-refractivity contribution in [3.63, 3.8) is 0 Å². The van der Waals surface area contributed by atoms with Crippen molar-refractivity contribution in [1.82, 2.24) is 0 Å². The Morgan fingerprint density at radius 2 is 2.57 bits per heavy atom. The Morgan fingerprint density at radius 3 is 2.57 bits per heavy atom. The van der Waals surface area contributed by atoms with E-state index < -0.39 is 6.10 Å². The largest absolute Gasteiger partial charge is 0.385 e. The molecule has 0 unspecified atom stereocenters. The van der Waals surface area contributed by atoms with Gasteiger partial charge in [-0.25, -0.2) is 0 Å². The Bertz CT molecular complexity index is 77.3. The maximum absolute atomic E-state index is 10.1. The molecule has 0 aromatic heterocycles. The number of ketones is 1. The van der Waals surface area contributed by atoms with Gasteiger partial charge in [0.05, 0.1) is 0 Å². The smallest absolute Gasteiger partial charge is 0.158 e. The van der Waals surface area contributed by atoms with Gasteiger partial charge >= 0.3 is 0 Å². The van der Waals surface area contributed by atoms with Gasteiger partial charge in [-0.1, -0.05) is 6.92 Å². The van der Waals surface area contributed by atoms with Gasteiger partial charge in [0.2, 0.25) is 0 Å². The van der Waals surface area contributed by atoms with Gasteiger partial charge in [0.1, 0.15) is 6.10 Å². The van der Waals surface area contributed by atoms with Crippen LogP contribution in [0.25, 0.3) is 0 Å². The average Bonchev–Trinajstić information content (AvgIpc) is 1.91. The third kappa shape index (κ3) is 2.34. The van der Waals surface area contributed by atoms with Crippen molar-refractivity contribution in [2.24, 2.45) is 0 Å². The Balaban J connectivity index is -0.000000149. The summed E-state index contributed by atoms with van der Waals surface area (Å²) < 4.78 is 10.0. The van der Waals surface area contributed by atoms with Gasteiger partial charge < -0.3 is 5.11 Å². The van der Waals surface area contributed by atoms with Gasteiger partial charge in [-0.15, -0.1) is 0 Å². The number of carbonyl (C=O) groups is 1. The van der Waals surface area contributed by atoms with E-state index in [1.165, 1.54) is 6.92 Å². The number of aliphatic hydroxyl groups excluding tert-OH is 1. The molecule has 0 saturated carbocycles. The van der Waals surface area contributed by atoms with E-state index in [-0.39, 0.29) is 7.21 Å². The molecular formula is C5H14O2. The Hall–Kier alpha value is -0.370. The normalized spacial score (nSPS) is 14.7. The molecule has 0 amide bonds. The van der Waals surface area contributed by atoms with Gasteiger partial charge in [0.25, 0.3) is 0 Å². The minimum atomic E-state index is -0.736. The van der Waals surface area contributed by atoms with Gasteiger partial charge in [0, 0.05) is 4.40 Å². The molecule has 46 valence electrons. The predicted molar refractivity (Wildman–Crippen MR) is 31.2 cm³/mol. The second-order valence-corrected chi connectivity index (χ2v) is 1.53. The van der Waals surface area contributed by atoms with Crippen LogP contribution in [0.5, 0.6) is 0 Å². The third-order valence-electron chi connectivity index (χ3n) is 0.856. The fourth-order valence-electron chi connectivity index (χ4n) is 0.287. The Labute approximate surface area is 47.7 Å². The molecule has 0 bridgehead atoms. The topological polar surface area (TPSA) is 37.3 Å². The number of carbonyl (C=O) groups excluding carboxylic acids is 1. The molecule has 2 nitrogen and oxygen atoms in total. The van der Waals surface area contributed by atoms with Crippen LogP contribution in [0, 0.1) is 0 Å². The van der Waals surface area contributed by atoms with Crippen molar-refractivity contribution in [3.05, 3.63) is 0 Å². The van der Waals surface area contributed by atoms with Crippen molar-refractivity contribution < 1.29 is 14.3 Å². The van der Waals surface area contributed by atoms with E-state index in [0.717, 1.165) is 0 Å². The summed E-state index contributed by atoms with van der Waals surface area (Å²) in [5.74, 6) is -0.150. The van der Waals surface area contributed by atoms with Crippen molar-refractivity contribution in [2.75, 3.05) is 0 Å². The maximum atomic E-state index is 10.1. The standard InChI is InChI=1S/C5H10O2.2H2/c1-3-5(7)4(2)6;;/h5,7H,3H2,1-2H3;2*1H/t5-;;/m1../s1/i;1+2T;1+2. The summed E-state index contributed by atoms with van der Waals surface area (Å²) in [7, 11) is 0. The summed E-state index contributed by atoms with van der Waals surface area (Å²) in [4.78, 5) is 10.1. The van der Waals surface area contributed by atoms with Crippen molar-refractivity contribution in [1.29, 1.82) is 0 Å². The molecule has 0 aliphatic rings. The fraction of sp³-hybridized carbons (Fsp3) is 0.800. The molecule has 7 heavy (non-hydrogen) atoms. The molecule has 0 radical (unpaired) electrons. The lowest BCUT2D eigenvalue weighted by Crippen LogP contribution is -2.14. The lowest BCUT2D eigenvalue weighted by Gasteiger charge is -1.97. The maximum Gasteiger partial charge on any atom is 0.158 e. The first-order valence-corrected chi connectivity index (χ1v) is 2.37. The highest BCUT2D eigenvalue weighted by molar-refractivity contribution is 5.79. The summed E-state index contributed by atoms with van der Waals surface area (Å²) in [6.07, 6.45) is -0.213. The van der Waals surface area contributed by atoms with Crippen LogP contribution in [0.3, 0.4) is 0 Å². The van der Waals surface area contributed by atoms with Crippen molar-refractivity contribution in [3.8, 4) is 0 Å². The zero-order valence-corrected chi connectivity index (χ0v) is 4.64. The second kappa shape index (κ2) is 2.75. The first-order valence-electron chi connectivity index (χ1n) is 3.37. The van der Waals surface area contributed by atoms with E-state index in [9.17, 15) is 4.79 Å². The van der Waals surface area contributed by atoms with Crippen LogP contribution in [0.15, 0.2) is 0 Å². The first kappa shape index (κ1) is 4.78. The van der Waals surface area contributed by atoms with Crippen LogP contribution < -0.4 is 0 Å². The zero-order valence-electron chi connectivity index (χ0n) is 6.64. The van der Waals surface area contributed by atoms with E-state index in [0.29, 0.717) is 6.42 Å². The molecule has 0 aromatic carbocycles. The monoisotopic (exact) mass is 112 g/mol. The Kier molecular flexibility index (Phi) is 1.88. The van der Waals surface area contributed by atoms with E-state index in [4.69, 9.17) is 8.08 Å². The Morgan fingerprint density at radius 1 is 2.14 bits per heavy atom. The second-order valence-electron chi connectivity index (χ2n) is 1.53. The van der Waals surface area contributed by atoms with Crippen LogP contribution in [-0.4, -0.2) is 17.0 Å². The highest BCUT2D eigenvalue weighted by Gasteiger charge is 2.03. The van der Waals surface area contributed by atoms with Gasteiger partial charge in [-0.3, -0.25) is 4.79 Å². The van der Waals surface area contributed by atoms with Gasteiger partial charge in [0.15, 0.2) is 5.78 Å². The minimum Gasteiger partial charge on any atom is -0.385 e. The molecule has 1 atom stereocenters. The van der Waals surface area contributed by atoms with Crippen LogP contribution >= 0.6 is 0 Å². The molecule has 0 aliphatic heterocycles. The molecule has 0 saturated heterocycles. The highest BCUT2D eigenvalue weighted by Crippen LogP contribution is 1.88. The summed E-state index contributed by atoms with van der Waals surface area (Å²) in [5, 5.41) is 8.59. The van der Waals surface area contributed by atoms with Crippen LogP contribution in [-0.2, 0) is 4.79 Å². The van der Waals surface area contributed by atoms with E-state index in [2.05, 4.69) is 0 Å². The van der Waals surface area contributed by atoms with Crippen molar-refractivity contribution in [2.45, 2.75) is 26.4 Å². The van der Waals surface area contributed by atoms with E-state index >= 15 is 0 Å².